The van der Waals surface area contributed by atoms with Crippen LogP contribution in [-0.4, -0.2) is 28.6 Å². The normalized spacial score (nSPS) is 12.2. The summed E-state index contributed by atoms with van der Waals surface area (Å²) in [6.45, 7) is 14.2. The number of hydrogen-bond acceptors (Lipinski definition) is 3. The van der Waals surface area contributed by atoms with Crippen molar-refractivity contribution in [3.63, 3.8) is 0 Å². The Hall–Kier alpha value is -1.09. The molecule has 0 aromatic carbocycles. The van der Waals surface area contributed by atoms with E-state index in [9.17, 15) is 0 Å². The number of aliphatic imine (C=N–C) groups is 1. The molecule has 2 rings (SSSR count). The molecule has 0 atom stereocenters. The second kappa shape index (κ2) is 10.9. The predicted molar refractivity (Wildman–Crippen MR) is 123 cm³/mol. The highest BCUT2D eigenvalue weighted by atomic mass is 127. The first-order valence-corrected chi connectivity index (χ1v) is 9.86. The van der Waals surface area contributed by atoms with Crippen molar-refractivity contribution < 1.29 is 0 Å². The zero-order valence-electron chi connectivity index (χ0n) is 16.5. The quantitative estimate of drug-likeness (QED) is 0.331. The Morgan fingerprint density at radius 3 is 2.73 bits per heavy atom. The number of aromatic nitrogens is 2. The van der Waals surface area contributed by atoms with Crippen LogP contribution in [0.4, 0.5) is 0 Å². The molecular weight excluding hydrogens is 457 g/mol. The van der Waals surface area contributed by atoms with E-state index in [-0.39, 0.29) is 29.4 Å². The minimum Gasteiger partial charge on any atom is -0.357 e. The zero-order chi connectivity index (χ0) is 18.3. The van der Waals surface area contributed by atoms with Crippen LogP contribution in [0.15, 0.2) is 34.9 Å². The highest BCUT2D eigenvalue weighted by molar-refractivity contribution is 14.0. The predicted octanol–water partition coefficient (Wildman–Crippen LogP) is 4.25. The number of halogens is 1. The molecule has 0 saturated carbocycles. The van der Waals surface area contributed by atoms with Gasteiger partial charge in [0.25, 0.3) is 0 Å². The molecule has 146 valence electrons. The van der Waals surface area contributed by atoms with Crippen molar-refractivity contribution in [2.45, 2.75) is 53.1 Å². The van der Waals surface area contributed by atoms with Gasteiger partial charge in [0.1, 0.15) is 12.4 Å². The lowest BCUT2D eigenvalue weighted by atomic mass is 9.91. The molecule has 7 heteroatoms. The lowest BCUT2D eigenvalue weighted by molar-refractivity contribution is 0.505. The van der Waals surface area contributed by atoms with Crippen LogP contribution in [0.2, 0.25) is 0 Å². The third-order valence-corrected chi connectivity index (χ3v) is 5.21. The number of nitrogens with zero attached hydrogens (tertiary/aromatic N) is 3. The fourth-order valence-electron chi connectivity index (χ4n) is 2.60. The smallest absolute Gasteiger partial charge is 0.191 e. The van der Waals surface area contributed by atoms with Gasteiger partial charge in [-0.2, -0.15) is 0 Å². The Kier molecular flexibility index (Phi) is 9.63. The molecule has 0 aliphatic heterocycles. The third kappa shape index (κ3) is 6.90. The van der Waals surface area contributed by atoms with Crippen molar-refractivity contribution in [2.24, 2.45) is 10.9 Å². The number of rotatable bonds is 8. The molecule has 0 bridgehead atoms. The minimum atomic E-state index is 0. The molecule has 26 heavy (non-hydrogen) atoms. The maximum absolute atomic E-state index is 4.72. The van der Waals surface area contributed by atoms with Crippen LogP contribution in [0.5, 0.6) is 0 Å². The van der Waals surface area contributed by atoms with Gasteiger partial charge in [0.15, 0.2) is 5.96 Å². The maximum atomic E-state index is 4.72. The van der Waals surface area contributed by atoms with Gasteiger partial charge in [-0.1, -0.05) is 33.8 Å². The summed E-state index contributed by atoms with van der Waals surface area (Å²) in [4.78, 5) is 10.6. The molecule has 0 saturated heterocycles. The van der Waals surface area contributed by atoms with Crippen LogP contribution >= 0.6 is 35.3 Å². The molecule has 0 spiro atoms. The van der Waals surface area contributed by atoms with Gasteiger partial charge in [-0.25, -0.2) is 9.98 Å². The van der Waals surface area contributed by atoms with E-state index < -0.39 is 0 Å². The first-order valence-electron chi connectivity index (χ1n) is 8.98. The van der Waals surface area contributed by atoms with Crippen molar-refractivity contribution in [2.75, 3.05) is 13.1 Å². The van der Waals surface area contributed by atoms with Crippen LogP contribution in [0.25, 0.3) is 0 Å². The first kappa shape index (κ1) is 23.0. The Bertz CT molecular complexity index is 661. The summed E-state index contributed by atoms with van der Waals surface area (Å²) < 4.78 is 2.19. The fourth-order valence-corrected chi connectivity index (χ4v) is 3.45. The van der Waals surface area contributed by atoms with E-state index in [4.69, 9.17) is 4.99 Å². The Labute approximate surface area is 178 Å². The summed E-state index contributed by atoms with van der Waals surface area (Å²) in [6, 6.07) is 4.30. The van der Waals surface area contributed by atoms with E-state index >= 15 is 0 Å². The standard InChI is InChI=1S/C19H31N5S.HI/c1-6-20-18(23-14-19(4,5)16-8-7-11-25-16)22-12-17-21-9-10-24(17)13-15(2)3;/h7-11,15H,6,12-14H2,1-5H3,(H2,20,22,23);1H. The van der Waals surface area contributed by atoms with Gasteiger partial charge in [0, 0.05) is 42.3 Å². The van der Waals surface area contributed by atoms with Crippen LogP contribution in [0, 0.1) is 5.92 Å². The van der Waals surface area contributed by atoms with Gasteiger partial charge >= 0.3 is 0 Å². The topological polar surface area (TPSA) is 54.2 Å². The van der Waals surface area contributed by atoms with E-state index in [1.165, 1.54) is 4.88 Å². The van der Waals surface area contributed by atoms with Crippen molar-refractivity contribution >= 4 is 41.3 Å². The van der Waals surface area contributed by atoms with E-state index in [0.29, 0.717) is 12.5 Å². The lowest BCUT2D eigenvalue weighted by Crippen LogP contribution is -2.43. The van der Waals surface area contributed by atoms with Crippen LogP contribution < -0.4 is 10.6 Å². The van der Waals surface area contributed by atoms with E-state index in [1.807, 2.05) is 12.4 Å². The second-order valence-corrected chi connectivity index (χ2v) is 8.25. The Morgan fingerprint density at radius 1 is 1.35 bits per heavy atom. The number of thiophene rings is 1. The molecule has 5 nitrogen and oxygen atoms in total. The minimum absolute atomic E-state index is 0. The van der Waals surface area contributed by atoms with Gasteiger partial charge in [-0.05, 0) is 24.3 Å². The van der Waals surface area contributed by atoms with Crippen LogP contribution in [0.1, 0.15) is 45.3 Å². The first-order chi connectivity index (χ1) is 11.9. The highest BCUT2D eigenvalue weighted by Crippen LogP contribution is 2.26. The summed E-state index contributed by atoms with van der Waals surface area (Å²) >= 11 is 1.80. The van der Waals surface area contributed by atoms with Crippen LogP contribution in [-0.2, 0) is 18.5 Å². The summed E-state index contributed by atoms with van der Waals surface area (Å²) in [5, 5.41) is 8.94. The molecule has 2 aromatic heterocycles. The Balaban J connectivity index is 0.00000338. The largest absolute Gasteiger partial charge is 0.357 e. The molecule has 2 aromatic rings. The summed E-state index contributed by atoms with van der Waals surface area (Å²) in [6.07, 6.45) is 3.89. The zero-order valence-corrected chi connectivity index (χ0v) is 19.6. The van der Waals surface area contributed by atoms with E-state index in [2.05, 4.69) is 72.3 Å². The molecule has 2 N–H and O–H groups in total. The van der Waals surface area contributed by atoms with Gasteiger partial charge in [0.05, 0.1) is 0 Å². The van der Waals surface area contributed by atoms with Crippen molar-refractivity contribution in [3.8, 4) is 0 Å². The second-order valence-electron chi connectivity index (χ2n) is 7.30. The molecule has 0 amide bonds. The number of imidazole rings is 1. The van der Waals surface area contributed by atoms with Crippen molar-refractivity contribution in [1.29, 1.82) is 0 Å². The average Bonchev–Trinajstić information content (AvgIpc) is 3.22. The fraction of sp³-hybridized carbons (Fsp3) is 0.579. The Morgan fingerprint density at radius 2 is 2.12 bits per heavy atom. The average molecular weight is 489 g/mol. The summed E-state index contributed by atoms with van der Waals surface area (Å²) in [5.41, 5.74) is 0.0699. The third-order valence-electron chi connectivity index (χ3n) is 3.97. The SMILES string of the molecule is CCNC(=NCc1nccn1CC(C)C)NCC(C)(C)c1cccs1.I. The lowest BCUT2D eigenvalue weighted by Gasteiger charge is -2.25. The molecule has 0 aliphatic rings. The monoisotopic (exact) mass is 489 g/mol. The molecular formula is C19H32IN5S. The summed E-state index contributed by atoms with van der Waals surface area (Å²) in [5.74, 6) is 2.43. The highest BCUT2D eigenvalue weighted by Gasteiger charge is 2.21. The molecule has 2 heterocycles. The number of nitrogens with one attached hydrogen (secondary N) is 2. The van der Waals surface area contributed by atoms with Crippen LogP contribution in [0.3, 0.4) is 0 Å². The summed E-state index contributed by atoms with van der Waals surface area (Å²) in [7, 11) is 0. The number of guanidine groups is 1. The maximum Gasteiger partial charge on any atom is 0.191 e. The van der Waals surface area contributed by atoms with Crippen molar-refractivity contribution in [3.05, 3.63) is 40.6 Å². The van der Waals surface area contributed by atoms with Gasteiger partial charge in [0.2, 0.25) is 0 Å². The van der Waals surface area contributed by atoms with Gasteiger partial charge < -0.3 is 15.2 Å². The van der Waals surface area contributed by atoms with E-state index in [0.717, 1.165) is 31.4 Å². The molecule has 0 unspecified atom stereocenters. The van der Waals surface area contributed by atoms with Gasteiger partial charge in [-0.3, -0.25) is 0 Å². The molecule has 0 aliphatic carbocycles. The number of hydrogen-bond donors (Lipinski definition) is 2. The molecule has 0 radical (unpaired) electrons. The van der Waals surface area contributed by atoms with Gasteiger partial charge in [-0.15, -0.1) is 35.3 Å². The van der Waals surface area contributed by atoms with E-state index in [1.54, 1.807) is 11.3 Å². The van der Waals surface area contributed by atoms with Crippen molar-refractivity contribution in [1.82, 2.24) is 20.2 Å². The molecule has 0 fully saturated rings.